The fourth-order valence-corrected chi connectivity index (χ4v) is 6.46. The average Bonchev–Trinajstić information content (AvgIpc) is 3.00. The third-order valence-electron chi connectivity index (χ3n) is 6.86. The largest absolute Gasteiger partial charge is 0.480 e. The monoisotopic (exact) mass is 738 g/mol. The molecule has 5 amide bonds. The molecule has 5 N–H and O–H groups in total. The number of hydrogen-bond donors (Lipinski definition) is 4. The number of alkyl carbamates (subject to hydrolysis) is 1. The molecule has 0 aliphatic carbocycles. The summed E-state index contributed by atoms with van der Waals surface area (Å²) in [5.41, 5.74) is 2.73. The van der Waals surface area contributed by atoms with Gasteiger partial charge in [-0.15, -0.1) is 11.8 Å². The van der Waals surface area contributed by atoms with E-state index in [1.54, 1.807) is 30.3 Å². The van der Waals surface area contributed by atoms with E-state index in [2.05, 4.69) is 10.1 Å². The van der Waals surface area contributed by atoms with Gasteiger partial charge in [-0.25, -0.2) is 24.1 Å². The standard InChI is InChI=1S/C27H29Cl3N4O12S/c1-44-27(22(41)33-19(21(39)40)15(11-45-24(31)42)12-47-23(27)33)34(18(36)10-14-6-3-2-4-7-14)17(35)9-5-8-16(20(37)38)32-25(43)46-13-26(28,29)30/h2-4,6-7,16,23H,5,8-13H2,1H3,(H2,31,42)(H,32,43)(H,37,38)(H,39,40)/t16?,23-,27-/m0/s1. The van der Waals surface area contributed by atoms with Crippen LogP contribution < -0.4 is 11.1 Å². The number of carbonyl (C=O) groups is 7. The van der Waals surface area contributed by atoms with Crippen molar-refractivity contribution in [3.63, 3.8) is 0 Å². The molecule has 0 saturated carbocycles. The molecule has 2 aliphatic rings. The number of amides is 5. The van der Waals surface area contributed by atoms with Gasteiger partial charge in [0.1, 0.15) is 30.3 Å². The van der Waals surface area contributed by atoms with E-state index in [0.717, 1.165) is 23.8 Å². The summed E-state index contributed by atoms with van der Waals surface area (Å²) in [6, 6.07) is 6.71. The van der Waals surface area contributed by atoms with E-state index in [1.807, 2.05) is 0 Å². The van der Waals surface area contributed by atoms with E-state index in [1.165, 1.54) is 0 Å². The van der Waals surface area contributed by atoms with Crippen LogP contribution in [0.15, 0.2) is 41.6 Å². The predicted molar refractivity (Wildman–Crippen MR) is 165 cm³/mol. The number of ether oxygens (including phenoxy) is 3. The second-order valence-corrected chi connectivity index (χ2v) is 13.6. The summed E-state index contributed by atoms with van der Waals surface area (Å²) in [7, 11) is 1.08. The summed E-state index contributed by atoms with van der Waals surface area (Å²) >= 11 is 17.5. The Kier molecular flexibility index (Phi) is 12.7. The van der Waals surface area contributed by atoms with E-state index >= 15 is 0 Å². The van der Waals surface area contributed by atoms with Gasteiger partial charge in [0.05, 0.1) is 6.42 Å². The molecule has 16 nitrogen and oxygen atoms in total. The first-order valence-corrected chi connectivity index (χ1v) is 15.7. The zero-order valence-electron chi connectivity index (χ0n) is 24.5. The molecule has 0 spiro atoms. The van der Waals surface area contributed by atoms with Gasteiger partial charge in [0.15, 0.2) is 0 Å². The van der Waals surface area contributed by atoms with E-state index in [0.29, 0.717) is 10.5 Å². The van der Waals surface area contributed by atoms with Crippen LogP contribution >= 0.6 is 46.6 Å². The fraction of sp³-hybridized carbons (Fsp3) is 0.444. The van der Waals surface area contributed by atoms with Crippen molar-refractivity contribution < 1.29 is 58.0 Å². The number of carboxylic acid groups (broad SMARTS) is 2. The highest BCUT2D eigenvalue weighted by atomic mass is 35.6. The van der Waals surface area contributed by atoms with Crippen LogP contribution in [0, 0.1) is 0 Å². The second kappa shape index (κ2) is 15.9. The van der Waals surface area contributed by atoms with Gasteiger partial charge in [-0.05, 0) is 18.4 Å². The number of methoxy groups -OCH3 is 1. The van der Waals surface area contributed by atoms with Crippen LogP contribution in [0.1, 0.15) is 24.8 Å². The van der Waals surface area contributed by atoms with Gasteiger partial charge >= 0.3 is 24.1 Å². The number of halogens is 3. The van der Waals surface area contributed by atoms with E-state index < -0.39 is 88.1 Å². The summed E-state index contributed by atoms with van der Waals surface area (Å²) < 4.78 is 13.0. The maximum Gasteiger partial charge on any atom is 0.407 e. The quantitative estimate of drug-likeness (QED) is 0.122. The van der Waals surface area contributed by atoms with E-state index in [-0.39, 0.29) is 30.6 Å². The van der Waals surface area contributed by atoms with Gasteiger partial charge in [0, 0.05) is 24.9 Å². The second-order valence-electron chi connectivity index (χ2n) is 10.0. The Labute approximate surface area is 286 Å². The Bertz CT molecular complexity index is 1460. The van der Waals surface area contributed by atoms with Crippen LogP contribution in [0.2, 0.25) is 0 Å². The Morgan fingerprint density at radius 2 is 1.79 bits per heavy atom. The maximum absolute atomic E-state index is 13.8. The van der Waals surface area contributed by atoms with Crippen LogP contribution in [0.25, 0.3) is 0 Å². The highest BCUT2D eigenvalue weighted by Gasteiger charge is 2.70. The van der Waals surface area contributed by atoms with Crippen LogP contribution in [0.3, 0.4) is 0 Å². The van der Waals surface area contributed by atoms with Crippen molar-refractivity contribution in [2.75, 3.05) is 26.1 Å². The number of fused-ring (bicyclic) bond motifs is 1. The third kappa shape index (κ3) is 8.98. The molecule has 1 fully saturated rings. The first-order chi connectivity index (χ1) is 22.0. The highest BCUT2D eigenvalue weighted by Crippen LogP contribution is 2.50. The molecule has 256 valence electrons. The third-order valence-corrected chi connectivity index (χ3v) is 8.55. The number of carboxylic acids is 2. The molecule has 20 heteroatoms. The van der Waals surface area contributed by atoms with E-state index in [9.17, 15) is 43.8 Å². The Morgan fingerprint density at radius 1 is 1.13 bits per heavy atom. The number of nitrogens with one attached hydrogen (secondary N) is 1. The minimum atomic E-state index is -2.28. The number of β-lactam (4-membered cyclic amide) rings is 1. The molecule has 1 saturated heterocycles. The SMILES string of the molecule is CO[C@@]1(N(C(=O)CCCC(NC(=O)OCC(Cl)(Cl)Cl)C(=O)O)C(=O)Cc2ccccc2)C(=O)N2C(C(=O)O)=C(COC(N)=O)CS[C@H]21. The zero-order valence-corrected chi connectivity index (χ0v) is 27.6. The molecule has 1 aromatic rings. The molecular formula is C27H29Cl3N4O12S. The van der Waals surface area contributed by atoms with Gasteiger partial charge in [0.25, 0.3) is 11.6 Å². The lowest BCUT2D eigenvalue weighted by atomic mass is 9.94. The van der Waals surface area contributed by atoms with Gasteiger partial charge in [-0.3, -0.25) is 19.3 Å². The molecule has 0 bridgehead atoms. The molecule has 3 rings (SSSR count). The number of aliphatic carboxylic acids is 2. The van der Waals surface area contributed by atoms with Gasteiger partial charge in [-0.1, -0.05) is 65.1 Å². The molecule has 47 heavy (non-hydrogen) atoms. The van der Waals surface area contributed by atoms with Crippen molar-refractivity contribution in [3.05, 3.63) is 47.2 Å². The summed E-state index contributed by atoms with van der Waals surface area (Å²) in [5, 5.41) is 20.3. The number of imide groups is 1. The van der Waals surface area contributed by atoms with Crippen molar-refractivity contribution >= 4 is 88.4 Å². The number of nitrogens with zero attached hydrogens (tertiary/aromatic N) is 2. The number of thioether (sulfide) groups is 1. The van der Waals surface area contributed by atoms with Gasteiger partial charge in [-0.2, -0.15) is 0 Å². The van der Waals surface area contributed by atoms with Gasteiger partial charge < -0.3 is 35.5 Å². The molecule has 2 aliphatic heterocycles. The molecule has 3 atom stereocenters. The average molecular weight is 740 g/mol. The summed E-state index contributed by atoms with van der Waals surface area (Å²) in [6.07, 6.45) is -3.75. The van der Waals surface area contributed by atoms with Crippen LogP contribution in [-0.2, 0) is 44.6 Å². The lowest BCUT2D eigenvalue weighted by molar-refractivity contribution is -0.223. The fourth-order valence-electron chi connectivity index (χ4n) is 4.84. The molecule has 0 radical (unpaired) electrons. The number of nitrogens with two attached hydrogens (primary N) is 1. The molecule has 0 aromatic heterocycles. The zero-order chi connectivity index (χ0) is 35.1. The van der Waals surface area contributed by atoms with Gasteiger partial charge in [0.2, 0.25) is 15.6 Å². The minimum Gasteiger partial charge on any atom is -0.480 e. The van der Waals surface area contributed by atoms with Crippen molar-refractivity contribution in [2.45, 2.75) is 46.6 Å². The van der Waals surface area contributed by atoms with Crippen LogP contribution in [0.5, 0.6) is 0 Å². The van der Waals surface area contributed by atoms with Crippen molar-refractivity contribution in [3.8, 4) is 0 Å². The Balaban J connectivity index is 1.87. The number of hydrogen-bond acceptors (Lipinski definition) is 11. The van der Waals surface area contributed by atoms with Crippen LogP contribution in [-0.4, -0.2) is 109 Å². The molecular weight excluding hydrogens is 711 g/mol. The maximum atomic E-state index is 13.8. The molecule has 1 unspecified atom stereocenters. The topological polar surface area (TPSA) is 232 Å². The normalized spacial score (nSPS) is 19.5. The Hall–Kier alpha value is -3.77. The number of benzene rings is 1. The summed E-state index contributed by atoms with van der Waals surface area (Å²) in [5.74, 6) is -5.95. The molecule has 2 heterocycles. The predicted octanol–water partition coefficient (Wildman–Crippen LogP) is 2.00. The smallest absolute Gasteiger partial charge is 0.407 e. The first-order valence-electron chi connectivity index (χ1n) is 13.5. The lowest BCUT2D eigenvalue weighted by Gasteiger charge is -2.58. The minimum absolute atomic E-state index is 0.0451. The molecule has 1 aromatic carbocycles. The number of rotatable bonds is 14. The van der Waals surface area contributed by atoms with Crippen molar-refractivity contribution in [1.29, 1.82) is 0 Å². The van der Waals surface area contributed by atoms with Crippen molar-refractivity contribution in [1.82, 2.24) is 15.1 Å². The lowest BCUT2D eigenvalue weighted by Crippen LogP contribution is -2.82. The number of alkyl halides is 3. The Morgan fingerprint density at radius 3 is 2.34 bits per heavy atom. The number of carbonyl (C=O) groups excluding carboxylic acids is 5. The first kappa shape index (κ1) is 37.7. The summed E-state index contributed by atoms with van der Waals surface area (Å²) in [4.78, 5) is 90.0. The van der Waals surface area contributed by atoms with Crippen LogP contribution in [0.4, 0.5) is 9.59 Å². The highest BCUT2D eigenvalue weighted by molar-refractivity contribution is 8.00. The van der Waals surface area contributed by atoms with Crippen molar-refractivity contribution in [2.24, 2.45) is 5.73 Å². The summed E-state index contributed by atoms with van der Waals surface area (Å²) in [6.45, 7) is -1.19. The van der Waals surface area contributed by atoms with E-state index in [4.69, 9.17) is 50.0 Å². The number of primary amides is 1.